The molecule has 4 unspecified atom stereocenters. The molecule has 0 saturated carbocycles. The number of rotatable bonds is 30. The molecule has 2 saturated heterocycles. The van der Waals surface area contributed by atoms with E-state index in [4.69, 9.17) is 24.1 Å². The lowest BCUT2D eigenvalue weighted by Crippen LogP contribution is -2.65. The summed E-state index contributed by atoms with van der Waals surface area (Å²) in [5, 5.41) is 89.9. The summed E-state index contributed by atoms with van der Waals surface area (Å²) in [6, 6.07) is -0.987. The van der Waals surface area contributed by atoms with Gasteiger partial charge in [0.2, 0.25) is 0 Å². The van der Waals surface area contributed by atoms with Gasteiger partial charge in [0.05, 0.1) is 13.0 Å². The van der Waals surface area contributed by atoms with Crippen LogP contribution in [0, 0.1) is 0 Å². The monoisotopic (exact) mass is 847 g/mol. The Morgan fingerprint density at radius 3 is 1.59 bits per heavy atom. The third kappa shape index (κ3) is 15.6. The van der Waals surface area contributed by atoms with Gasteiger partial charge < -0.3 is 69.8 Å². The van der Waals surface area contributed by atoms with Crippen molar-refractivity contribution in [2.75, 3.05) is 20.3 Å². The van der Waals surface area contributed by atoms with Crippen LogP contribution in [-0.4, -0.2) is 162 Å². The number of amides is 1. The minimum atomic E-state index is -1.84. The van der Waals surface area contributed by atoms with Gasteiger partial charge in [-0.15, -0.1) is 0 Å². The average Bonchev–Trinajstić information content (AvgIpc) is 3.41. The van der Waals surface area contributed by atoms with Crippen molar-refractivity contribution in [3.05, 3.63) is 11.3 Å². The summed E-state index contributed by atoms with van der Waals surface area (Å²) in [6.45, 7) is -0.569. The van der Waals surface area contributed by atoms with Crippen LogP contribution in [-0.2, 0) is 38.1 Å². The maximum atomic E-state index is 12.5. The van der Waals surface area contributed by atoms with E-state index in [1.54, 1.807) is 0 Å². The Balaban J connectivity index is 1.11. The van der Waals surface area contributed by atoms with Crippen molar-refractivity contribution in [3.8, 4) is 0 Å². The van der Waals surface area contributed by atoms with Gasteiger partial charge in [-0.1, -0.05) is 109 Å². The largest absolute Gasteiger partial charge is 0.509 e. The van der Waals surface area contributed by atoms with Crippen molar-refractivity contribution in [2.45, 2.75) is 202 Å². The van der Waals surface area contributed by atoms with E-state index in [1.807, 2.05) is 0 Å². The maximum Gasteiger partial charge on any atom is 0.335 e. The summed E-state index contributed by atoms with van der Waals surface area (Å²) >= 11 is 0. The Labute approximate surface area is 346 Å². The van der Waals surface area contributed by atoms with E-state index in [0.717, 1.165) is 56.3 Å². The second-order valence-corrected chi connectivity index (χ2v) is 16.1. The molecule has 3 rings (SSSR count). The number of hydrogen-bond acceptors (Lipinski definition) is 15. The number of carbonyl (C=O) groups is 4. The van der Waals surface area contributed by atoms with Crippen molar-refractivity contribution in [1.82, 2.24) is 4.90 Å². The first-order valence-corrected chi connectivity index (χ1v) is 21.5. The van der Waals surface area contributed by atoms with Crippen LogP contribution < -0.4 is 0 Å². The molecule has 0 aliphatic carbocycles. The normalized spacial score (nSPS) is 30.0. The molecule has 0 aromatic carbocycles. The van der Waals surface area contributed by atoms with E-state index in [1.165, 1.54) is 64.8 Å². The molecule has 3 aliphatic heterocycles. The number of carbonyl (C=O) groups excluding carboxylic acids is 2. The van der Waals surface area contributed by atoms with E-state index < -0.39 is 110 Å². The topological polar surface area (TPSA) is 291 Å². The van der Waals surface area contributed by atoms with Gasteiger partial charge in [-0.3, -0.25) is 14.4 Å². The molecule has 340 valence electrons. The standard InChI is InChI=1S/C41H69NO17/c1-42-25(23-28(45)46)30(47)29(38(42)53)26(44)21-19-17-15-13-11-9-7-5-3-2-4-6-8-10-12-14-16-18-20-22-56-40-35(52)33(50)36(37(59-40)39(54)55)58-41-34(51)32(49)31(48)27(24-43)57-41/h25,27,31-37,40-41,43,47-52H,2-24H2,1H3,(H,45,46)(H,54,55)/t25-,27?,31-,32+,33-,34?,35?,36-,37?,40-,41+/m1/s1. The summed E-state index contributed by atoms with van der Waals surface area (Å²) in [7, 11) is 1.39. The number of likely N-dealkylation sites (N-methyl/N-ethyl adjacent to an activating group) is 1. The number of ketones is 1. The van der Waals surface area contributed by atoms with Gasteiger partial charge >= 0.3 is 11.9 Å². The minimum Gasteiger partial charge on any atom is -0.509 e. The molecular weight excluding hydrogens is 778 g/mol. The molecule has 0 aromatic rings. The van der Waals surface area contributed by atoms with Gasteiger partial charge in [0.25, 0.3) is 5.91 Å². The van der Waals surface area contributed by atoms with Crippen LogP contribution >= 0.6 is 0 Å². The summed E-state index contributed by atoms with van der Waals surface area (Å²) in [5.74, 6) is -4.15. The first kappa shape index (κ1) is 50.6. The zero-order chi connectivity index (χ0) is 43.5. The SMILES string of the molecule is CN1C(=O)C(C(=O)CCCCCCCCCCCCCCCCCCCCCO[C@@H]2OC(C(=O)O)[C@H](O[C@@H]3OC(CO)[C@@H](O)[C@H](O)C3O)[C@H](O)C2O)=C(O)[C@H]1CC(=O)O. The highest BCUT2D eigenvalue weighted by atomic mass is 16.7. The molecule has 18 nitrogen and oxygen atoms in total. The Bertz CT molecular complexity index is 1330. The number of aliphatic hydroxyl groups excluding tert-OH is 7. The molecule has 0 aromatic heterocycles. The predicted molar refractivity (Wildman–Crippen MR) is 209 cm³/mol. The van der Waals surface area contributed by atoms with Crippen molar-refractivity contribution in [2.24, 2.45) is 0 Å². The highest BCUT2D eigenvalue weighted by Gasteiger charge is 2.53. The molecule has 0 spiro atoms. The van der Waals surface area contributed by atoms with Crippen molar-refractivity contribution in [1.29, 1.82) is 0 Å². The molecule has 3 heterocycles. The number of carboxylic acids is 2. The lowest BCUT2D eigenvalue weighted by Gasteiger charge is -2.45. The average molecular weight is 848 g/mol. The van der Waals surface area contributed by atoms with Crippen LogP contribution in [0.2, 0.25) is 0 Å². The fraction of sp³-hybridized carbons (Fsp3) is 0.854. The maximum absolute atomic E-state index is 12.5. The van der Waals surface area contributed by atoms with Gasteiger partial charge in [0, 0.05) is 20.1 Å². The molecule has 1 amide bonds. The summed E-state index contributed by atoms with van der Waals surface area (Å²) < 4.78 is 21.6. The van der Waals surface area contributed by atoms with Gasteiger partial charge in [0.15, 0.2) is 24.5 Å². The number of ether oxygens (including phenoxy) is 4. The van der Waals surface area contributed by atoms with Gasteiger partial charge in [-0.05, 0) is 12.8 Å². The number of carboxylic acid groups (broad SMARTS) is 2. The number of Topliss-reactive ketones (excluding diaryl/α,β-unsaturated/α-hetero) is 1. The molecule has 3 aliphatic rings. The molecule has 18 heteroatoms. The lowest BCUT2D eigenvalue weighted by atomic mass is 9.97. The van der Waals surface area contributed by atoms with E-state index in [0.29, 0.717) is 12.8 Å². The quantitative estimate of drug-likeness (QED) is 0.0370. The zero-order valence-corrected chi connectivity index (χ0v) is 34.4. The lowest BCUT2D eigenvalue weighted by molar-refractivity contribution is -0.354. The van der Waals surface area contributed by atoms with Crippen molar-refractivity contribution in [3.63, 3.8) is 0 Å². The summed E-state index contributed by atoms with van der Waals surface area (Å²) in [5.41, 5.74) is -0.265. The van der Waals surface area contributed by atoms with Crippen LogP contribution in [0.4, 0.5) is 0 Å². The van der Waals surface area contributed by atoms with Crippen molar-refractivity contribution < 1.29 is 84.1 Å². The molecule has 59 heavy (non-hydrogen) atoms. The molecule has 9 N–H and O–H groups in total. The fourth-order valence-corrected chi connectivity index (χ4v) is 7.82. The second-order valence-electron chi connectivity index (χ2n) is 16.1. The minimum absolute atomic E-state index is 0.164. The second kappa shape index (κ2) is 26.5. The third-order valence-electron chi connectivity index (χ3n) is 11.5. The highest BCUT2D eigenvalue weighted by Crippen LogP contribution is 2.31. The Hall–Kier alpha value is -2.78. The number of unbranched alkanes of at least 4 members (excludes halogenated alkanes) is 18. The zero-order valence-electron chi connectivity index (χ0n) is 34.4. The molecule has 2 fully saturated rings. The number of nitrogens with zero attached hydrogens (tertiary/aromatic N) is 1. The smallest absolute Gasteiger partial charge is 0.335 e. The van der Waals surface area contributed by atoms with E-state index in [9.17, 15) is 60.0 Å². The van der Waals surface area contributed by atoms with Crippen LogP contribution in [0.5, 0.6) is 0 Å². The molecular formula is C41H69NO17. The van der Waals surface area contributed by atoms with Gasteiger partial charge in [-0.2, -0.15) is 0 Å². The Morgan fingerprint density at radius 1 is 0.644 bits per heavy atom. The third-order valence-corrected chi connectivity index (χ3v) is 11.5. The summed E-state index contributed by atoms with van der Waals surface area (Å²) in [6.07, 6.45) is 3.29. The first-order valence-electron chi connectivity index (χ1n) is 21.5. The predicted octanol–water partition coefficient (Wildman–Crippen LogP) is 2.22. The van der Waals surface area contributed by atoms with Gasteiger partial charge in [0.1, 0.15) is 60.1 Å². The molecule has 0 radical (unpaired) electrons. The summed E-state index contributed by atoms with van der Waals surface area (Å²) in [4.78, 5) is 48.9. The number of hydrogen-bond donors (Lipinski definition) is 9. The van der Waals surface area contributed by atoms with Crippen LogP contribution in [0.25, 0.3) is 0 Å². The van der Waals surface area contributed by atoms with Crippen LogP contribution in [0.3, 0.4) is 0 Å². The van der Waals surface area contributed by atoms with E-state index >= 15 is 0 Å². The Kier molecular flexibility index (Phi) is 22.7. The fourth-order valence-electron chi connectivity index (χ4n) is 7.82. The number of aliphatic hydroxyl groups is 7. The Morgan fingerprint density at radius 2 is 1.12 bits per heavy atom. The molecule has 0 bridgehead atoms. The highest BCUT2D eigenvalue weighted by molar-refractivity contribution is 6.21. The van der Waals surface area contributed by atoms with E-state index in [-0.39, 0.29) is 18.6 Å². The van der Waals surface area contributed by atoms with Crippen LogP contribution in [0.1, 0.15) is 135 Å². The molecule has 11 atom stereocenters. The number of aliphatic carboxylic acids is 2. The van der Waals surface area contributed by atoms with E-state index in [2.05, 4.69) is 0 Å². The van der Waals surface area contributed by atoms with Crippen molar-refractivity contribution >= 4 is 23.6 Å². The van der Waals surface area contributed by atoms with Crippen LogP contribution in [0.15, 0.2) is 11.3 Å². The first-order chi connectivity index (χ1) is 28.2. The van der Waals surface area contributed by atoms with Gasteiger partial charge in [-0.25, -0.2) is 4.79 Å².